The first-order valence-electron chi connectivity index (χ1n) is 5.86. The quantitative estimate of drug-likeness (QED) is 0.705. The average molecular weight is 199 g/mol. The summed E-state index contributed by atoms with van der Waals surface area (Å²) in [5, 5.41) is 0. The number of ether oxygens (including phenoxy) is 1. The van der Waals surface area contributed by atoms with Crippen LogP contribution in [0.5, 0.6) is 0 Å². The van der Waals surface area contributed by atoms with E-state index in [0.29, 0.717) is 6.04 Å². The van der Waals surface area contributed by atoms with Crippen molar-refractivity contribution in [2.75, 3.05) is 13.2 Å². The van der Waals surface area contributed by atoms with Crippen molar-refractivity contribution in [2.24, 2.45) is 0 Å². The van der Waals surface area contributed by atoms with Gasteiger partial charge in [0.05, 0.1) is 12.2 Å². The third-order valence-electron chi connectivity index (χ3n) is 3.40. The molecule has 82 valence electrons. The molecule has 1 N–H and O–H groups in total. The number of nitrogens with one attached hydrogen (secondary N) is 1. The molecule has 2 rings (SSSR count). The van der Waals surface area contributed by atoms with Crippen molar-refractivity contribution < 1.29 is 9.57 Å². The molecule has 1 aliphatic heterocycles. The number of hydrogen-bond donors (Lipinski definition) is 1. The molecule has 1 saturated carbocycles. The third kappa shape index (κ3) is 2.27. The molecule has 14 heavy (non-hydrogen) atoms. The van der Waals surface area contributed by atoms with Gasteiger partial charge in [-0.05, 0) is 32.6 Å². The fraction of sp³-hybridized carbons (Fsp3) is 1.00. The van der Waals surface area contributed by atoms with Gasteiger partial charge >= 0.3 is 0 Å². The normalized spacial score (nSPS) is 31.1. The highest BCUT2D eigenvalue weighted by Gasteiger charge is 2.39. The fourth-order valence-electron chi connectivity index (χ4n) is 2.70. The largest absolute Gasteiger partial charge is 0.375 e. The lowest BCUT2D eigenvalue weighted by molar-refractivity contribution is -0.107. The van der Waals surface area contributed by atoms with Crippen LogP contribution in [0.2, 0.25) is 0 Å². The van der Waals surface area contributed by atoms with Crippen LogP contribution in [0.15, 0.2) is 0 Å². The van der Waals surface area contributed by atoms with Crippen LogP contribution in [0.25, 0.3) is 0 Å². The topological polar surface area (TPSA) is 30.5 Å². The molecule has 1 heterocycles. The molecule has 3 nitrogen and oxygen atoms in total. The Labute approximate surface area is 86.1 Å². The van der Waals surface area contributed by atoms with Crippen LogP contribution in [0.3, 0.4) is 0 Å². The molecule has 1 atom stereocenters. The van der Waals surface area contributed by atoms with Gasteiger partial charge < -0.3 is 9.57 Å². The first-order chi connectivity index (χ1) is 6.85. The van der Waals surface area contributed by atoms with Gasteiger partial charge in [0.1, 0.15) is 0 Å². The van der Waals surface area contributed by atoms with E-state index in [1.165, 1.54) is 25.7 Å². The molecular weight excluding hydrogens is 178 g/mol. The Morgan fingerprint density at radius 2 is 2.21 bits per heavy atom. The minimum Gasteiger partial charge on any atom is -0.375 e. The fourth-order valence-corrected chi connectivity index (χ4v) is 2.70. The Kier molecular flexibility index (Phi) is 3.42. The van der Waals surface area contributed by atoms with Crippen LogP contribution in [0, 0.1) is 0 Å². The van der Waals surface area contributed by atoms with Gasteiger partial charge in [-0.3, -0.25) is 0 Å². The van der Waals surface area contributed by atoms with E-state index >= 15 is 0 Å². The molecule has 2 aliphatic rings. The van der Waals surface area contributed by atoms with Crippen LogP contribution in [0.4, 0.5) is 0 Å². The average Bonchev–Trinajstić information content (AvgIpc) is 2.63. The second-order valence-corrected chi connectivity index (χ2v) is 4.48. The van der Waals surface area contributed by atoms with E-state index in [1.807, 2.05) is 6.92 Å². The van der Waals surface area contributed by atoms with E-state index in [0.717, 1.165) is 26.1 Å². The summed E-state index contributed by atoms with van der Waals surface area (Å²) >= 11 is 0. The molecule has 0 aromatic carbocycles. The van der Waals surface area contributed by atoms with Gasteiger partial charge in [-0.25, -0.2) is 0 Å². The highest BCUT2D eigenvalue weighted by atomic mass is 16.6. The lowest BCUT2D eigenvalue weighted by Gasteiger charge is -2.38. The molecule has 1 unspecified atom stereocenters. The van der Waals surface area contributed by atoms with Crippen LogP contribution >= 0.6 is 0 Å². The van der Waals surface area contributed by atoms with Gasteiger partial charge in [-0.2, -0.15) is 5.48 Å². The second kappa shape index (κ2) is 4.60. The minimum absolute atomic E-state index is 0.201. The molecule has 1 aliphatic carbocycles. The minimum atomic E-state index is 0.201. The van der Waals surface area contributed by atoms with Crippen LogP contribution in [-0.4, -0.2) is 24.9 Å². The Morgan fingerprint density at radius 3 is 2.93 bits per heavy atom. The smallest absolute Gasteiger partial charge is 0.0698 e. The summed E-state index contributed by atoms with van der Waals surface area (Å²) in [6.45, 7) is 3.65. The van der Waals surface area contributed by atoms with E-state index < -0.39 is 0 Å². The lowest BCUT2D eigenvalue weighted by atomic mass is 9.89. The van der Waals surface area contributed by atoms with E-state index in [-0.39, 0.29) is 5.60 Å². The first kappa shape index (κ1) is 10.4. The van der Waals surface area contributed by atoms with Crippen molar-refractivity contribution >= 4 is 0 Å². The molecule has 0 amide bonds. The van der Waals surface area contributed by atoms with Crippen LogP contribution in [0.1, 0.15) is 45.4 Å². The first-order valence-corrected chi connectivity index (χ1v) is 5.86. The second-order valence-electron chi connectivity index (χ2n) is 4.48. The van der Waals surface area contributed by atoms with Crippen molar-refractivity contribution in [3.63, 3.8) is 0 Å². The zero-order valence-electron chi connectivity index (χ0n) is 9.05. The van der Waals surface area contributed by atoms with Gasteiger partial charge in [0.15, 0.2) is 0 Å². The predicted octanol–water partition coefficient (Wildman–Crippen LogP) is 2.02. The monoisotopic (exact) mass is 199 g/mol. The summed E-state index contributed by atoms with van der Waals surface area (Å²) in [5.41, 5.74) is 3.34. The molecule has 0 aromatic rings. The van der Waals surface area contributed by atoms with Gasteiger partial charge in [0, 0.05) is 12.6 Å². The highest BCUT2D eigenvalue weighted by molar-refractivity contribution is 4.92. The summed E-state index contributed by atoms with van der Waals surface area (Å²) in [5.74, 6) is 0. The third-order valence-corrected chi connectivity index (χ3v) is 3.40. The standard InChI is InChI=1S/C11H21NO2/c1-2-14-12-10-5-8-13-11(9-10)6-3-4-7-11/h10,12H,2-9H2,1H3. The van der Waals surface area contributed by atoms with E-state index in [9.17, 15) is 0 Å². The van der Waals surface area contributed by atoms with Gasteiger partial charge in [-0.15, -0.1) is 0 Å². The predicted molar refractivity (Wildman–Crippen MR) is 54.9 cm³/mol. The maximum Gasteiger partial charge on any atom is 0.0698 e. The number of hydroxylamine groups is 1. The molecule has 2 fully saturated rings. The number of rotatable bonds is 3. The Balaban J connectivity index is 1.83. The molecule has 1 saturated heterocycles. The maximum absolute atomic E-state index is 5.94. The van der Waals surface area contributed by atoms with Crippen molar-refractivity contribution in [1.82, 2.24) is 5.48 Å². The molecule has 0 bridgehead atoms. The summed E-state index contributed by atoms with van der Waals surface area (Å²) in [6, 6.07) is 0.502. The van der Waals surface area contributed by atoms with Gasteiger partial charge in [0.25, 0.3) is 0 Å². The van der Waals surface area contributed by atoms with E-state index in [4.69, 9.17) is 9.57 Å². The van der Waals surface area contributed by atoms with Crippen LogP contribution < -0.4 is 5.48 Å². The zero-order valence-corrected chi connectivity index (χ0v) is 9.05. The maximum atomic E-state index is 5.94. The lowest BCUT2D eigenvalue weighted by Crippen LogP contribution is -2.45. The summed E-state index contributed by atoms with van der Waals surface area (Å²) in [7, 11) is 0. The van der Waals surface area contributed by atoms with E-state index in [1.54, 1.807) is 0 Å². The van der Waals surface area contributed by atoms with Crippen molar-refractivity contribution in [3.8, 4) is 0 Å². The van der Waals surface area contributed by atoms with Gasteiger partial charge in [0.2, 0.25) is 0 Å². The summed E-state index contributed by atoms with van der Waals surface area (Å²) < 4.78 is 5.94. The SMILES string of the molecule is CCONC1CCOC2(CCCC2)C1. The molecular formula is C11H21NO2. The Bertz CT molecular complexity index is 178. The summed E-state index contributed by atoms with van der Waals surface area (Å²) in [6.07, 6.45) is 7.38. The number of hydrogen-bond acceptors (Lipinski definition) is 3. The van der Waals surface area contributed by atoms with Gasteiger partial charge in [-0.1, -0.05) is 12.8 Å². The summed E-state index contributed by atoms with van der Waals surface area (Å²) in [4.78, 5) is 5.27. The van der Waals surface area contributed by atoms with Crippen molar-refractivity contribution in [2.45, 2.75) is 57.1 Å². The Hall–Kier alpha value is -0.120. The molecule has 1 spiro atoms. The molecule has 0 radical (unpaired) electrons. The highest BCUT2D eigenvalue weighted by Crippen LogP contribution is 2.39. The van der Waals surface area contributed by atoms with Crippen LogP contribution in [-0.2, 0) is 9.57 Å². The molecule has 0 aromatic heterocycles. The van der Waals surface area contributed by atoms with E-state index in [2.05, 4.69) is 5.48 Å². The molecule has 3 heteroatoms. The zero-order chi connectivity index (χ0) is 9.86. The Morgan fingerprint density at radius 1 is 1.43 bits per heavy atom. The van der Waals surface area contributed by atoms with Crippen molar-refractivity contribution in [1.29, 1.82) is 0 Å². The van der Waals surface area contributed by atoms with Crippen molar-refractivity contribution in [3.05, 3.63) is 0 Å².